The van der Waals surface area contributed by atoms with E-state index < -0.39 is 10.0 Å². The molecule has 2 rings (SSSR count). The van der Waals surface area contributed by atoms with Crippen LogP contribution >= 0.6 is 0 Å². The summed E-state index contributed by atoms with van der Waals surface area (Å²) in [5.74, 6) is 0.00770. The van der Waals surface area contributed by atoms with Crippen LogP contribution in [0, 0.1) is 0 Å². The molecule has 146 valence electrons. The third-order valence-corrected chi connectivity index (χ3v) is 6.43. The van der Waals surface area contributed by atoms with Gasteiger partial charge < -0.3 is 4.90 Å². The highest BCUT2D eigenvalue weighted by molar-refractivity contribution is 7.88. The Kier molecular flexibility index (Phi) is 7.65. The van der Waals surface area contributed by atoms with Crippen LogP contribution in [0.15, 0.2) is 30.3 Å². The molecular formula is C20H32N2O3S. The number of carbonyl (C=O) groups is 1. The van der Waals surface area contributed by atoms with Crippen molar-refractivity contribution in [2.75, 3.05) is 12.8 Å². The van der Waals surface area contributed by atoms with Gasteiger partial charge >= 0.3 is 0 Å². The molecule has 0 heterocycles. The van der Waals surface area contributed by atoms with Crippen molar-refractivity contribution in [1.82, 2.24) is 9.21 Å². The van der Waals surface area contributed by atoms with Crippen molar-refractivity contribution < 1.29 is 13.2 Å². The second-order valence-corrected chi connectivity index (χ2v) is 9.45. The maximum absolute atomic E-state index is 12.8. The van der Waals surface area contributed by atoms with E-state index in [1.165, 1.54) is 12.7 Å². The monoisotopic (exact) mass is 380 g/mol. The lowest BCUT2D eigenvalue weighted by Gasteiger charge is -2.33. The van der Waals surface area contributed by atoms with Gasteiger partial charge in [0.2, 0.25) is 15.9 Å². The molecule has 0 spiro atoms. The molecule has 1 aliphatic rings. The summed E-state index contributed by atoms with van der Waals surface area (Å²) in [7, 11) is -3.30. The molecule has 1 amide bonds. The molecule has 0 N–H and O–H groups in total. The van der Waals surface area contributed by atoms with E-state index in [0.717, 1.165) is 31.2 Å². The summed E-state index contributed by atoms with van der Waals surface area (Å²) in [6.07, 6.45) is 6.60. The molecule has 0 atom stereocenters. The van der Waals surface area contributed by atoms with Crippen molar-refractivity contribution in [2.24, 2.45) is 0 Å². The van der Waals surface area contributed by atoms with Gasteiger partial charge in [0.25, 0.3) is 0 Å². The van der Waals surface area contributed by atoms with Crippen LogP contribution in [-0.2, 0) is 21.4 Å². The molecule has 0 unspecified atom stereocenters. The second-order valence-electron chi connectivity index (χ2n) is 7.52. The van der Waals surface area contributed by atoms with Crippen molar-refractivity contribution in [2.45, 2.75) is 71.0 Å². The van der Waals surface area contributed by atoms with E-state index in [0.29, 0.717) is 6.54 Å². The molecule has 1 aromatic rings. The zero-order chi connectivity index (χ0) is 19.2. The fourth-order valence-electron chi connectivity index (χ4n) is 3.68. The van der Waals surface area contributed by atoms with Gasteiger partial charge in [-0.15, -0.1) is 0 Å². The second kappa shape index (κ2) is 9.51. The zero-order valence-electron chi connectivity index (χ0n) is 16.2. The van der Waals surface area contributed by atoms with Crippen LogP contribution in [0.25, 0.3) is 0 Å². The van der Waals surface area contributed by atoms with Crippen LogP contribution in [0.2, 0.25) is 0 Å². The third-order valence-electron chi connectivity index (χ3n) is 5.09. The Morgan fingerprint density at radius 3 is 2.27 bits per heavy atom. The maximum Gasteiger partial charge on any atom is 0.224 e. The predicted molar refractivity (Wildman–Crippen MR) is 105 cm³/mol. The maximum atomic E-state index is 12.8. The number of benzene rings is 1. The summed E-state index contributed by atoms with van der Waals surface area (Å²) in [5, 5.41) is 0. The van der Waals surface area contributed by atoms with Gasteiger partial charge in [0.1, 0.15) is 0 Å². The summed E-state index contributed by atoms with van der Waals surface area (Å²) in [6, 6.07) is 10.0. The number of nitrogens with zero attached hydrogens (tertiary/aromatic N) is 2. The van der Waals surface area contributed by atoms with Crippen molar-refractivity contribution >= 4 is 15.9 Å². The first-order valence-corrected chi connectivity index (χ1v) is 11.4. The van der Waals surface area contributed by atoms with Gasteiger partial charge in [-0.25, -0.2) is 8.42 Å². The minimum Gasteiger partial charge on any atom is -0.336 e. The molecular weight excluding hydrogens is 348 g/mol. The van der Waals surface area contributed by atoms with Gasteiger partial charge in [-0.05, 0) is 32.3 Å². The lowest BCUT2D eigenvalue weighted by molar-refractivity contribution is -0.133. The molecule has 0 radical (unpaired) electrons. The summed E-state index contributed by atoms with van der Waals surface area (Å²) >= 11 is 0. The predicted octanol–water partition coefficient (Wildman–Crippen LogP) is 3.41. The Morgan fingerprint density at radius 2 is 1.73 bits per heavy atom. The molecule has 1 aromatic carbocycles. The first kappa shape index (κ1) is 20.9. The van der Waals surface area contributed by atoms with E-state index >= 15 is 0 Å². The molecule has 0 saturated heterocycles. The highest BCUT2D eigenvalue weighted by atomic mass is 32.2. The largest absolute Gasteiger partial charge is 0.336 e. The fourth-order valence-corrected chi connectivity index (χ4v) is 4.85. The Morgan fingerprint density at radius 1 is 1.12 bits per heavy atom. The standard InChI is InChI=1S/C20H32N2O3S/c1-17(2)21(16-18-10-6-4-7-11-18)20(23)14-15-22(26(3,24)25)19-12-8-5-9-13-19/h4,6-7,10-11,17,19H,5,8-9,12-16H2,1-3H3. The summed E-state index contributed by atoms with van der Waals surface area (Å²) < 4.78 is 26.0. The third kappa shape index (κ3) is 6.09. The van der Waals surface area contributed by atoms with Gasteiger partial charge in [0, 0.05) is 31.6 Å². The van der Waals surface area contributed by atoms with Crippen LogP contribution in [0.5, 0.6) is 0 Å². The van der Waals surface area contributed by atoms with Crippen LogP contribution in [0.3, 0.4) is 0 Å². The molecule has 6 heteroatoms. The molecule has 5 nitrogen and oxygen atoms in total. The van der Waals surface area contributed by atoms with Crippen molar-refractivity contribution in [1.29, 1.82) is 0 Å². The molecule has 1 fully saturated rings. The Balaban J connectivity index is 2.02. The van der Waals surface area contributed by atoms with Crippen LogP contribution < -0.4 is 0 Å². The Bertz CT molecular complexity index is 668. The van der Waals surface area contributed by atoms with Crippen LogP contribution in [0.4, 0.5) is 0 Å². The summed E-state index contributed by atoms with van der Waals surface area (Å²) in [6.45, 7) is 4.83. The number of carbonyl (C=O) groups excluding carboxylic acids is 1. The average Bonchev–Trinajstić information content (AvgIpc) is 2.60. The first-order valence-electron chi connectivity index (χ1n) is 9.59. The van der Waals surface area contributed by atoms with Gasteiger partial charge in [0.15, 0.2) is 0 Å². The number of amides is 1. The summed E-state index contributed by atoms with van der Waals surface area (Å²) in [5.41, 5.74) is 1.08. The highest BCUT2D eigenvalue weighted by Crippen LogP contribution is 2.24. The van der Waals surface area contributed by atoms with Gasteiger partial charge in [-0.1, -0.05) is 49.6 Å². The lowest BCUT2D eigenvalue weighted by atomic mass is 9.95. The first-order chi connectivity index (χ1) is 12.3. The van der Waals surface area contributed by atoms with Crippen LogP contribution in [-0.4, -0.2) is 48.4 Å². The quantitative estimate of drug-likeness (QED) is 0.694. The van der Waals surface area contributed by atoms with E-state index in [-0.39, 0.29) is 31.0 Å². The SMILES string of the molecule is CC(C)N(Cc1ccccc1)C(=O)CCN(C1CCCCC1)S(C)(=O)=O. The molecule has 0 aliphatic heterocycles. The smallest absolute Gasteiger partial charge is 0.224 e. The molecule has 1 saturated carbocycles. The lowest BCUT2D eigenvalue weighted by Crippen LogP contribution is -2.44. The van der Waals surface area contributed by atoms with Crippen LogP contribution in [0.1, 0.15) is 57.9 Å². The summed E-state index contributed by atoms with van der Waals surface area (Å²) in [4.78, 5) is 14.6. The topological polar surface area (TPSA) is 57.7 Å². The molecule has 0 bridgehead atoms. The fraction of sp³-hybridized carbons (Fsp3) is 0.650. The van der Waals surface area contributed by atoms with Crippen molar-refractivity contribution in [3.05, 3.63) is 35.9 Å². The van der Waals surface area contributed by atoms with Crippen molar-refractivity contribution in [3.63, 3.8) is 0 Å². The minimum atomic E-state index is -3.30. The number of sulfonamides is 1. The van der Waals surface area contributed by atoms with E-state index in [1.54, 1.807) is 4.31 Å². The van der Waals surface area contributed by atoms with E-state index in [4.69, 9.17) is 0 Å². The number of hydrogen-bond donors (Lipinski definition) is 0. The van der Waals surface area contributed by atoms with E-state index in [1.807, 2.05) is 49.1 Å². The van der Waals surface area contributed by atoms with Gasteiger partial charge in [0.05, 0.1) is 6.26 Å². The molecule has 26 heavy (non-hydrogen) atoms. The Hall–Kier alpha value is -1.40. The zero-order valence-corrected chi connectivity index (χ0v) is 17.0. The number of hydrogen-bond acceptors (Lipinski definition) is 3. The van der Waals surface area contributed by atoms with E-state index in [9.17, 15) is 13.2 Å². The van der Waals surface area contributed by atoms with Gasteiger partial charge in [-0.2, -0.15) is 4.31 Å². The molecule has 1 aliphatic carbocycles. The highest BCUT2D eigenvalue weighted by Gasteiger charge is 2.29. The normalized spacial score (nSPS) is 16.2. The molecule has 0 aromatic heterocycles. The number of rotatable bonds is 8. The van der Waals surface area contributed by atoms with Crippen molar-refractivity contribution in [3.8, 4) is 0 Å². The Labute approximate surface area is 158 Å². The van der Waals surface area contributed by atoms with Gasteiger partial charge in [-0.3, -0.25) is 4.79 Å². The van der Waals surface area contributed by atoms with E-state index in [2.05, 4.69) is 0 Å². The minimum absolute atomic E-state index is 0.00770. The average molecular weight is 381 g/mol.